The smallest absolute Gasteiger partial charge is 0.245 e. The Balaban J connectivity index is 3.25. The molecule has 1 amide bonds. The topological polar surface area (TPSA) is 69.6 Å². The third-order valence-corrected chi connectivity index (χ3v) is 0.606. The highest BCUT2D eigenvalue weighted by Gasteiger charge is 2.02. The summed E-state index contributed by atoms with van der Waals surface area (Å²) in [5.74, 6) is -0.569. The summed E-state index contributed by atoms with van der Waals surface area (Å²) in [5.41, 5.74) is 1.40. The van der Waals surface area contributed by atoms with Crippen molar-refractivity contribution in [2.75, 3.05) is 0 Å². The maximum absolute atomic E-state index is 10.1. The zero-order valence-electron chi connectivity index (χ0n) is 4.59. The Morgan fingerprint density at radius 2 is 2.38 bits per heavy atom. The van der Waals surface area contributed by atoms with E-state index in [9.17, 15) is 4.79 Å². The maximum Gasteiger partial charge on any atom is 0.245 e. The fourth-order valence-corrected chi connectivity index (χ4v) is 0.314. The van der Waals surface area contributed by atoms with Crippen LogP contribution < -0.4 is 5.48 Å². The predicted octanol–water partition coefficient (Wildman–Crippen LogP) is -0.737. The molecule has 0 aliphatic rings. The van der Waals surface area contributed by atoms with E-state index in [1.807, 2.05) is 0 Å². The molecule has 3 N–H and O–H groups in total. The van der Waals surface area contributed by atoms with Gasteiger partial charge in [-0.25, -0.2) is 5.48 Å². The number of hydrogen-bond donors (Lipinski definition) is 3. The van der Waals surface area contributed by atoms with Gasteiger partial charge in [-0.05, 0) is 6.92 Å². The summed E-state index contributed by atoms with van der Waals surface area (Å²) in [6, 6.07) is 0. The van der Waals surface area contributed by atoms with Gasteiger partial charge in [0.25, 0.3) is 0 Å². The van der Waals surface area contributed by atoms with Crippen LogP contribution in [0.5, 0.6) is 0 Å². The lowest BCUT2D eigenvalue weighted by Gasteiger charge is -1.98. The van der Waals surface area contributed by atoms with Crippen LogP contribution in [0.25, 0.3) is 0 Å². The second-order valence-corrected chi connectivity index (χ2v) is 1.59. The molecule has 0 heterocycles. The number of carbonyl (C=O) groups excluding carboxylic acids is 1. The van der Waals surface area contributed by atoms with Gasteiger partial charge in [-0.2, -0.15) is 0 Å². The van der Waals surface area contributed by atoms with E-state index in [2.05, 4.69) is 0 Å². The van der Waals surface area contributed by atoms with Crippen molar-refractivity contribution in [1.82, 2.24) is 5.48 Å². The molecule has 1 unspecified atom stereocenters. The van der Waals surface area contributed by atoms with Gasteiger partial charge in [0.05, 0.1) is 12.5 Å². The summed E-state index contributed by atoms with van der Waals surface area (Å²) in [7, 11) is 0. The average Bonchev–Trinajstić information content (AvgIpc) is 1.65. The molecule has 0 saturated heterocycles. The van der Waals surface area contributed by atoms with Crippen LogP contribution in [-0.2, 0) is 4.79 Å². The molecule has 0 bridgehead atoms. The molecule has 0 spiro atoms. The zero-order chi connectivity index (χ0) is 6.57. The molecule has 4 heteroatoms. The molecule has 0 rings (SSSR count). The van der Waals surface area contributed by atoms with Gasteiger partial charge in [0, 0.05) is 0 Å². The third kappa shape index (κ3) is 3.58. The van der Waals surface area contributed by atoms with E-state index in [4.69, 9.17) is 10.3 Å². The summed E-state index contributed by atoms with van der Waals surface area (Å²) in [6.07, 6.45) is -0.751. The summed E-state index contributed by atoms with van der Waals surface area (Å²) < 4.78 is 0. The molecule has 1 atom stereocenters. The Hall–Kier alpha value is -0.610. The van der Waals surface area contributed by atoms with E-state index in [0.717, 1.165) is 0 Å². The molecule has 0 aliphatic carbocycles. The number of carbonyl (C=O) groups is 1. The van der Waals surface area contributed by atoms with Gasteiger partial charge in [0.2, 0.25) is 5.91 Å². The molecular formula is C4H9NO3. The maximum atomic E-state index is 10.1. The summed E-state index contributed by atoms with van der Waals surface area (Å²) in [4.78, 5) is 10.1. The van der Waals surface area contributed by atoms with Gasteiger partial charge in [-0.3, -0.25) is 10.0 Å². The highest BCUT2D eigenvalue weighted by molar-refractivity contribution is 5.74. The van der Waals surface area contributed by atoms with Gasteiger partial charge in [0.15, 0.2) is 0 Å². The number of hydroxylamine groups is 1. The highest BCUT2D eigenvalue weighted by atomic mass is 16.5. The lowest BCUT2D eigenvalue weighted by atomic mass is 10.3. The fourth-order valence-electron chi connectivity index (χ4n) is 0.314. The first-order chi connectivity index (χ1) is 3.66. The van der Waals surface area contributed by atoms with E-state index in [1.54, 1.807) is 0 Å². The molecule has 4 nitrogen and oxygen atoms in total. The highest BCUT2D eigenvalue weighted by Crippen LogP contribution is 1.86. The Bertz CT molecular complexity index is 81.4. The van der Waals surface area contributed by atoms with Gasteiger partial charge in [-0.15, -0.1) is 0 Å². The molecule has 0 radical (unpaired) electrons. The monoisotopic (exact) mass is 119 g/mol. The Labute approximate surface area is 47.1 Å². The van der Waals surface area contributed by atoms with Crippen molar-refractivity contribution in [1.29, 1.82) is 0 Å². The number of aliphatic hydroxyl groups is 1. The quantitative estimate of drug-likeness (QED) is 0.331. The van der Waals surface area contributed by atoms with Crippen molar-refractivity contribution in [2.45, 2.75) is 19.4 Å². The molecule has 0 aromatic carbocycles. The largest absolute Gasteiger partial charge is 0.393 e. The Morgan fingerprint density at radius 3 is 2.50 bits per heavy atom. The molecular weight excluding hydrogens is 110 g/mol. The van der Waals surface area contributed by atoms with Crippen molar-refractivity contribution >= 4 is 5.91 Å². The lowest BCUT2D eigenvalue weighted by molar-refractivity contribution is -0.130. The fraction of sp³-hybridized carbons (Fsp3) is 0.750. The van der Waals surface area contributed by atoms with Crippen molar-refractivity contribution in [3.63, 3.8) is 0 Å². The van der Waals surface area contributed by atoms with E-state index in [0.29, 0.717) is 0 Å². The summed E-state index contributed by atoms with van der Waals surface area (Å²) in [5, 5.41) is 16.4. The lowest BCUT2D eigenvalue weighted by Crippen LogP contribution is -2.22. The van der Waals surface area contributed by atoms with Crippen LogP contribution in [0.2, 0.25) is 0 Å². The summed E-state index contributed by atoms with van der Waals surface area (Å²) in [6.45, 7) is 1.47. The van der Waals surface area contributed by atoms with Crippen LogP contribution in [0.3, 0.4) is 0 Å². The minimum absolute atomic E-state index is 0.0590. The predicted molar refractivity (Wildman–Crippen MR) is 26.2 cm³/mol. The zero-order valence-corrected chi connectivity index (χ0v) is 4.59. The third-order valence-electron chi connectivity index (χ3n) is 0.606. The van der Waals surface area contributed by atoms with Crippen molar-refractivity contribution in [2.24, 2.45) is 0 Å². The number of amides is 1. The average molecular weight is 119 g/mol. The molecule has 0 aromatic rings. The van der Waals surface area contributed by atoms with Gasteiger partial charge < -0.3 is 5.11 Å². The Morgan fingerprint density at radius 1 is 1.88 bits per heavy atom. The minimum Gasteiger partial charge on any atom is -0.393 e. The van der Waals surface area contributed by atoms with E-state index >= 15 is 0 Å². The van der Waals surface area contributed by atoms with Gasteiger partial charge in [0.1, 0.15) is 0 Å². The second kappa shape index (κ2) is 3.40. The molecule has 0 aromatic heterocycles. The van der Waals surface area contributed by atoms with Crippen LogP contribution in [0.4, 0.5) is 0 Å². The van der Waals surface area contributed by atoms with E-state index in [1.165, 1.54) is 12.4 Å². The van der Waals surface area contributed by atoms with E-state index < -0.39 is 12.0 Å². The van der Waals surface area contributed by atoms with Crippen molar-refractivity contribution < 1.29 is 15.1 Å². The molecule has 0 fully saturated rings. The van der Waals surface area contributed by atoms with Crippen LogP contribution >= 0.6 is 0 Å². The van der Waals surface area contributed by atoms with E-state index in [-0.39, 0.29) is 6.42 Å². The Kier molecular flexibility index (Phi) is 3.14. The first kappa shape index (κ1) is 7.39. The number of nitrogens with one attached hydrogen (secondary N) is 1. The number of aliphatic hydroxyl groups excluding tert-OH is 1. The first-order valence-corrected chi connectivity index (χ1v) is 2.28. The standard InChI is InChI=1S/C4H9NO3/c1-3(6)2-4(7)5-8/h3,6,8H,2H2,1H3,(H,5,7). The van der Waals surface area contributed by atoms with Crippen LogP contribution in [0, 0.1) is 0 Å². The van der Waals surface area contributed by atoms with Crippen LogP contribution in [0.15, 0.2) is 0 Å². The number of rotatable bonds is 2. The molecule has 8 heavy (non-hydrogen) atoms. The minimum atomic E-state index is -0.692. The summed E-state index contributed by atoms with van der Waals surface area (Å²) >= 11 is 0. The number of hydrogen-bond acceptors (Lipinski definition) is 3. The van der Waals surface area contributed by atoms with Crippen LogP contribution in [0.1, 0.15) is 13.3 Å². The van der Waals surface area contributed by atoms with Crippen LogP contribution in [-0.4, -0.2) is 22.3 Å². The van der Waals surface area contributed by atoms with Crippen molar-refractivity contribution in [3.05, 3.63) is 0 Å². The second-order valence-electron chi connectivity index (χ2n) is 1.59. The van der Waals surface area contributed by atoms with Gasteiger partial charge >= 0.3 is 0 Å². The normalized spacial score (nSPS) is 12.9. The molecule has 0 saturated carbocycles. The molecule has 48 valence electrons. The SMILES string of the molecule is CC(O)CC(=O)NO. The first-order valence-electron chi connectivity index (χ1n) is 2.28. The molecule has 0 aliphatic heterocycles. The van der Waals surface area contributed by atoms with Crippen molar-refractivity contribution in [3.8, 4) is 0 Å². The van der Waals surface area contributed by atoms with Gasteiger partial charge in [-0.1, -0.05) is 0 Å².